The van der Waals surface area contributed by atoms with Crippen molar-refractivity contribution in [2.24, 2.45) is 5.73 Å². The largest absolute Gasteiger partial charge is 0.366 e. The molecule has 0 spiro atoms. The van der Waals surface area contributed by atoms with Gasteiger partial charge in [-0.2, -0.15) is 0 Å². The topological polar surface area (TPSA) is 103 Å². The van der Waals surface area contributed by atoms with E-state index in [1.807, 2.05) is 42.7 Å². The number of aromatic nitrogens is 3. The number of thioether (sulfide) groups is 1. The molecule has 3 N–H and O–H groups in total. The first-order chi connectivity index (χ1) is 13.0. The fourth-order valence-corrected chi connectivity index (χ4v) is 4.21. The lowest BCUT2D eigenvalue weighted by atomic mass is 10.1. The van der Waals surface area contributed by atoms with Gasteiger partial charge in [0.2, 0.25) is 5.91 Å². The van der Waals surface area contributed by atoms with Crippen molar-refractivity contribution in [2.45, 2.75) is 25.5 Å². The number of aryl methyl sites for hydroxylation is 1. The summed E-state index contributed by atoms with van der Waals surface area (Å²) in [5, 5.41) is 14.1. The molecule has 0 atom stereocenters. The van der Waals surface area contributed by atoms with Crippen LogP contribution in [-0.2, 0) is 11.3 Å². The molecule has 0 aliphatic heterocycles. The van der Waals surface area contributed by atoms with Gasteiger partial charge in [-0.25, -0.2) is 0 Å². The minimum atomic E-state index is -0.562. The third-order valence-corrected chi connectivity index (χ3v) is 5.73. The zero-order valence-electron chi connectivity index (χ0n) is 14.9. The van der Waals surface area contributed by atoms with Crippen LogP contribution in [0.1, 0.15) is 22.8 Å². The normalized spacial score (nSPS) is 10.7. The fraction of sp³-hybridized carbons (Fsp3) is 0.222. The first-order valence-corrected chi connectivity index (χ1v) is 10.2. The van der Waals surface area contributed by atoms with Gasteiger partial charge in [0, 0.05) is 12.1 Å². The number of carbonyl (C=O) groups is 2. The predicted molar refractivity (Wildman–Crippen MR) is 108 cm³/mol. The average Bonchev–Trinajstić information content (AvgIpc) is 3.26. The molecule has 27 heavy (non-hydrogen) atoms. The summed E-state index contributed by atoms with van der Waals surface area (Å²) in [5.41, 5.74) is 7.75. The van der Waals surface area contributed by atoms with Crippen molar-refractivity contribution < 1.29 is 9.59 Å². The Morgan fingerprint density at radius 3 is 2.74 bits per heavy atom. The van der Waals surface area contributed by atoms with E-state index in [0.717, 1.165) is 17.0 Å². The molecule has 0 saturated heterocycles. The van der Waals surface area contributed by atoms with Gasteiger partial charge < -0.3 is 15.6 Å². The summed E-state index contributed by atoms with van der Waals surface area (Å²) < 4.78 is 1.99. The zero-order chi connectivity index (χ0) is 19.4. The Kier molecular flexibility index (Phi) is 5.92. The second kappa shape index (κ2) is 8.36. The Morgan fingerprint density at radius 1 is 1.26 bits per heavy atom. The molecule has 9 heteroatoms. The SMILES string of the molecule is CCn1c(SCC(=O)Nc2sccc2C(N)=O)nnc1-c1ccccc1C. The minimum Gasteiger partial charge on any atom is -0.366 e. The second-order valence-corrected chi connectivity index (χ2v) is 7.59. The lowest BCUT2D eigenvalue weighted by Crippen LogP contribution is -2.18. The van der Waals surface area contributed by atoms with Gasteiger partial charge >= 0.3 is 0 Å². The van der Waals surface area contributed by atoms with Gasteiger partial charge in [0.15, 0.2) is 11.0 Å². The summed E-state index contributed by atoms with van der Waals surface area (Å²) in [6, 6.07) is 9.58. The summed E-state index contributed by atoms with van der Waals surface area (Å²) in [4.78, 5) is 23.6. The fourth-order valence-electron chi connectivity index (χ4n) is 2.60. The highest BCUT2D eigenvalue weighted by atomic mass is 32.2. The number of nitrogens with one attached hydrogen (secondary N) is 1. The molecule has 2 amide bonds. The van der Waals surface area contributed by atoms with Crippen LogP contribution in [0.4, 0.5) is 5.00 Å². The third kappa shape index (κ3) is 4.20. The maximum absolute atomic E-state index is 12.3. The molecule has 0 bridgehead atoms. The van der Waals surface area contributed by atoms with Gasteiger partial charge in [0.1, 0.15) is 5.00 Å². The number of hydrogen-bond acceptors (Lipinski definition) is 6. The monoisotopic (exact) mass is 401 g/mol. The van der Waals surface area contributed by atoms with Crippen molar-refractivity contribution >= 4 is 39.9 Å². The Bertz CT molecular complexity index is 980. The summed E-state index contributed by atoms with van der Waals surface area (Å²) in [7, 11) is 0. The highest BCUT2D eigenvalue weighted by molar-refractivity contribution is 7.99. The van der Waals surface area contributed by atoms with Crippen molar-refractivity contribution in [3.8, 4) is 11.4 Å². The lowest BCUT2D eigenvalue weighted by Gasteiger charge is -2.09. The number of amides is 2. The van der Waals surface area contributed by atoms with Crippen molar-refractivity contribution in [1.82, 2.24) is 14.8 Å². The summed E-state index contributed by atoms with van der Waals surface area (Å²) in [6.45, 7) is 4.74. The van der Waals surface area contributed by atoms with E-state index in [4.69, 9.17) is 5.73 Å². The number of primary amides is 1. The molecular formula is C18H19N5O2S2. The van der Waals surface area contributed by atoms with E-state index in [1.54, 1.807) is 11.4 Å². The van der Waals surface area contributed by atoms with Gasteiger partial charge in [-0.05, 0) is 30.9 Å². The first kappa shape index (κ1) is 19.1. The number of nitrogens with zero attached hydrogens (tertiary/aromatic N) is 3. The molecule has 3 rings (SSSR count). The maximum atomic E-state index is 12.3. The van der Waals surface area contributed by atoms with Crippen LogP contribution in [-0.4, -0.2) is 32.3 Å². The van der Waals surface area contributed by atoms with Gasteiger partial charge in [-0.15, -0.1) is 21.5 Å². The van der Waals surface area contributed by atoms with Crippen LogP contribution >= 0.6 is 23.1 Å². The molecule has 3 aromatic rings. The molecule has 7 nitrogen and oxygen atoms in total. The van der Waals surface area contributed by atoms with Crippen LogP contribution in [0.15, 0.2) is 40.9 Å². The smallest absolute Gasteiger partial charge is 0.251 e. The molecule has 2 aromatic heterocycles. The van der Waals surface area contributed by atoms with Crippen LogP contribution in [0.2, 0.25) is 0 Å². The molecule has 0 aliphatic rings. The number of thiophene rings is 1. The molecule has 0 unspecified atom stereocenters. The molecule has 0 saturated carbocycles. The molecular weight excluding hydrogens is 382 g/mol. The van der Waals surface area contributed by atoms with E-state index in [0.29, 0.717) is 22.3 Å². The van der Waals surface area contributed by atoms with Crippen molar-refractivity contribution in [1.29, 1.82) is 0 Å². The number of hydrogen-bond donors (Lipinski definition) is 2. The van der Waals surface area contributed by atoms with Crippen LogP contribution in [0, 0.1) is 6.92 Å². The number of carbonyl (C=O) groups excluding carboxylic acids is 2. The number of rotatable bonds is 7. The van der Waals surface area contributed by atoms with Gasteiger partial charge in [0.05, 0.1) is 11.3 Å². The second-order valence-electron chi connectivity index (χ2n) is 5.73. The zero-order valence-corrected chi connectivity index (χ0v) is 16.6. The van der Waals surface area contributed by atoms with Gasteiger partial charge in [0.25, 0.3) is 5.91 Å². The number of benzene rings is 1. The van der Waals surface area contributed by atoms with E-state index < -0.39 is 5.91 Å². The van der Waals surface area contributed by atoms with E-state index in [-0.39, 0.29) is 11.7 Å². The highest BCUT2D eigenvalue weighted by Gasteiger charge is 2.17. The molecule has 0 radical (unpaired) electrons. The van der Waals surface area contributed by atoms with E-state index in [2.05, 4.69) is 15.5 Å². The minimum absolute atomic E-state index is 0.155. The molecule has 0 aliphatic carbocycles. The van der Waals surface area contributed by atoms with Gasteiger partial charge in [-0.1, -0.05) is 36.0 Å². The highest BCUT2D eigenvalue weighted by Crippen LogP contribution is 2.27. The van der Waals surface area contributed by atoms with Gasteiger partial charge in [-0.3, -0.25) is 9.59 Å². The first-order valence-electron chi connectivity index (χ1n) is 8.30. The summed E-state index contributed by atoms with van der Waals surface area (Å²) >= 11 is 2.57. The quantitative estimate of drug-likeness (QED) is 0.592. The number of nitrogens with two attached hydrogens (primary N) is 1. The van der Waals surface area contributed by atoms with Crippen LogP contribution in [0.5, 0.6) is 0 Å². The Labute approximate surface area is 165 Å². The Hall–Kier alpha value is -2.65. The van der Waals surface area contributed by atoms with Crippen LogP contribution in [0.3, 0.4) is 0 Å². The predicted octanol–water partition coefficient (Wildman–Crippen LogP) is 3.16. The van der Waals surface area contributed by atoms with E-state index >= 15 is 0 Å². The van der Waals surface area contributed by atoms with Crippen LogP contribution < -0.4 is 11.1 Å². The van der Waals surface area contributed by atoms with E-state index in [1.165, 1.54) is 23.1 Å². The van der Waals surface area contributed by atoms with E-state index in [9.17, 15) is 9.59 Å². The van der Waals surface area contributed by atoms with Crippen molar-refractivity contribution in [2.75, 3.05) is 11.1 Å². The summed E-state index contributed by atoms with van der Waals surface area (Å²) in [6.07, 6.45) is 0. The number of anilines is 1. The standard InChI is InChI=1S/C18H19N5O2S2/c1-3-23-16(12-7-5-4-6-11(12)2)21-22-18(23)27-10-14(24)20-17-13(15(19)25)8-9-26-17/h4-9H,3,10H2,1-2H3,(H2,19,25)(H,20,24). The van der Waals surface area contributed by atoms with Crippen LogP contribution in [0.25, 0.3) is 11.4 Å². The Balaban J connectivity index is 1.71. The maximum Gasteiger partial charge on any atom is 0.251 e. The molecule has 1 aromatic carbocycles. The molecule has 2 heterocycles. The lowest BCUT2D eigenvalue weighted by molar-refractivity contribution is -0.113. The Morgan fingerprint density at radius 2 is 2.04 bits per heavy atom. The summed E-state index contributed by atoms with van der Waals surface area (Å²) in [5.74, 6) is 0.149. The molecule has 0 fully saturated rings. The van der Waals surface area contributed by atoms with Crippen molar-refractivity contribution in [3.63, 3.8) is 0 Å². The van der Waals surface area contributed by atoms with Crippen molar-refractivity contribution in [3.05, 3.63) is 46.8 Å². The average molecular weight is 402 g/mol. The third-order valence-electron chi connectivity index (χ3n) is 3.94. The molecule has 140 valence electrons.